The summed E-state index contributed by atoms with van der Waals surface area (Å²) in [6.07, 6.45) is 0. The molecule has 0 unspecified atom stereocenters. The van der Waals surface area contributed by atoms with Crippen molar-refractivity contribution in [3.05, 3.63) is 14.3 Å². The fourth-order valence-corrected chi connectivity index (χ4v) is 2.37. The van der Waals surface area contributed by atoms with E-state index in [0.29, 0.717) is 3.90 Å². The van der Waals surface area contributed by atoms with Gasteiger partial charge in [0.15, 0.2) is 0 Å². The number of halogens is 2. The van der Waals surface area contributed by atoms with E-state index >= 15 is 0 Å². The zero-order valence-electron chi connectivity index (χ0n) is 6.61. The molecule has 0 N–H and O–H groups in total. The lowest BCUT2D eigenvalue weighted by Gasteiger charge is -2.13. The van der Waals surface area contributed by atoms with Crippen molar-refractivity contribution in [1.29, 1.82) is 0 Å². The van der Waals surface area contributed by atoms with Crippen LogP contribution in [-0.4, -0.2) is 4.98 Å². The molecule has 0 atom stereocenters. The van der Waals surface area contributed by atoms with Crippen molar-refractivity contribution in [2.24, 2.45) is 0 Å². The number of oxazole rings is 1. The molecule has 2 nitrogen and oxygen atoms in total. The van der Waals surface area contributed by atoms with Crippen molar-refractivity contribution in [2.45, 2.75) is 26.2 Å². The molecule has 1 aromatic heterocycles. The Balaban J connectivity index is 3.13. The highest BCUT2D eigenvalue weighted by Gasteiger charge is 2.23. The molecule has 11 heavy (non-hydrogen) atoms. The Morgan fingerprint density at radius 1 is 1.45 bits per heavy atom. The first-order valence-corrected chi connectivity index (χ1v) is 5.11. The van der Waals surface area contributed by atoms with Gasteiger partial charge in [-0.15, -0.1) is 0 Å². The first kappa shape index (κ1) is 9.51. The second-order valence-corrected chi connectivity index (χ2v) is 5.01. The van der Waals surface area contributed by atoms with Gasteiger partial charge in [-0.05, 0) is 15.9 Å². The summed E-state index contributed by atoms with van der Waals surface area (Å²) in [6, 6.07) is 0. The van der Waals surface area contributed by atoms with Crippen LogP contribution in [0.5, 0.6) is 0 Å². The third-order valence-electron chi connectivity index (χ3n) is 1.24. The Morgan fingerprint density at radius 3 is 2.18 bits per heavy atom. The fraction of sp³-hybridized carbons (Fsp3) is 0.571. The van der Waals surface area contributed by atoms with Crippen LogP contribution in [-0.2, 0) is 5.41 Å². The minimum atomic E-state index is 0.0231. The molecule has 1 aromatic rings. The molecule has 0 spiro atoms. The standard InChI is InChI=1S/C7H9BrINO/c1-7(2,3)4-5(8)10-6(9)11-4/h1-3H3. The Labute approximate surface area is 88.0 Å². The maximum atomic E-state index is 5.41. The number of hydrogen-bond acceptors (Lipinski definition) is 2. The molecule has 0 aliphatic rings. The third-order valence-corrected chi connectivity index (χ3v) is 2.24. The number of hydrogen-bond donors (Lipinski definition) is 0. The van der Waals surface area contributed by atoms with Gasteiger partial charge in [-0.1, -0.05) is 20.8 Å². The monoisotopic (exact) mass is 329 g/mol. The minimum Gasteiger partial charge on any atom is -0.435 e. The van der Waals surface area contributed by atoms with Crippen molar-refractivity contribution in [3.8, 4) is 0 Å². The zero-order chi connectivity index (χ0) is 8.65. The highest BCUT2D eigenvalue weighted by atomic mass is 127. The van der Waals surface area contributed by atoms with E-state index in [2.05, 4.69) is 64.3 Å². The van der Waals surface area contributed by atoms with Gasteiger partial charge in [0.1, 0.15) is 10.4 Å². The molecule has 0 amide bonds. The van der Waals surface area contributed by atoms with E-state index in [0.717, 1.165) is 10.4 Å². The van der Waals surface area contributed by atoms with Crippen LogP contribution in [0, 0.1) is 3.90 Å². The van der Waals surface area contributed by atoms with Gasteiger partial charge >= 0.3 is 0 Å². The van der Waals surface area contributed by atoms with Crippen LogP contribution in [0.2, 0.25) is 0 Å². The topological polar surface area (TPSA) is 26.0 Å². The lowest BCUT2D eigenvalue weighted by Crippen LogP contribution is -2.10. The predicted molar refractivity (Wildman–Crippen MR) is 55.6 cm³/mol. The van der Waals surface area contributed by atoms with Crippen molar-refractivity contribution in [1.82, 2.24) is 4.98 Å². The molecular weight excluding hydrogens is 321 g/mol. The quantitative estimate of drug-likeness (QED) is 0.682. The molecule has 0 aliphatic carbocycles. The van der Waals surface area contributed by atoms with E-state index in [9.17, 15) is 0 Å². The smallest absolute Gasteiger partial charge is 0.258 e. The molecule has 0 aromatic carbocycles. The second-order valence-electron chi connectivity index (χ2n) is 3.34. The van der Waals surface area contributed by atoms with E-state index in [1.807, 2.05) is 0 Å². The predicted octanol–water partition coefficient (Wildman–Crippen LogP) is 3.34. The van der Waals surface area contributed by atoms with E-state index in [4.69, 9.17) is 4.42 Å². The Kier molecular flexibility index (Phi) is 2.63. The highest BCUT2D eigenvalue weighted by Crippen LogP contribution is 2.30. The van der Waals surface area contributed by atoms with E-state index in [-0.39, 0.29) is 5.41 Å². The summed E-state index contributed by atoms with van der Waals surface area (Å²) in [5.41, 5.74) is 0.0231. The van der Waals surface area contributed by atoms with Gasteiger partial charge < -0.3 is 4.42 Å². The summed E-state index contributed by atoms with van der Waals surface area (Å²) in [5.74, 6) is 0.905. The van der Waals surface area contributed by atoms with Crippen molar-refractivity contribution in [3.63, 3.8) is 0 Å². The Morgan fingerprint density at radius 2 is 2.00 bits per heavy atom. The third kappa shape index (κ3) is 2.18. The molecular formula is C7H9BrINO. The van der Waals surface area contributed by atoms with Crippen LogP contribution < -0.4 is 0 Å². The van der Waals surface area contributed by atoms with Crippen LogP contribution in [0.15, 0.2) is 9.02 Å². The van der Waals surface area contributed by atoms with Gasteiger partial charge in [0.05, 0.1) is 0 Å². The molecule has 0 aliphatic heterocycles. The second kappa shape index (κ2) is 3.05. The molecule has 1 rings (SSSR count). The number of nitrogens with zero attached hydrogens (tertiary/aromatic N) is 1. The number of aromatic nitrogens is 1. The van der Waals surface area contributed by atoms with Gasteiger partial charge in [-0.2, -0.15) is 4.98 Å². The molecule has 0 radical (unpaired) electrons. The molecule has 0 saturated carbocycles. The lowest BCUT2D eigenvalue weighted by molar-refractivity contribution is 0.391. The summed E-state index contributed by atoms with van der Waals surface area (Å²) in [5, 5.41) is 0. The SMILES string of the molecule is CC(C)(C)c1oc(I)nc1Br. The average molecular weight is 330 g/mol. The van der Waals surface area contributed by atoms with Crippen LogP contribution in [0.1, 0.15) is 26.5 Å². The van der Waals surface area contributed by atoms with Crippen LogP contribution >= 0.6 is 38.5 Å². The van der Waals surface area contributed by atoms with E-state index < -0.39 is 0 Å². The van der Waals surface area contributed by atoms with Crippen molar-refractivity contribution >= 4 is 38.5 Å². The van der Waals surface area contributed by atoms with Crippen LogP contribution in [0.4, 0.5) is 0 Å². The number of rotatable bonds is 0. The van der Waals surface area contributed by atoms with Gasteiger partial charge in [0.2, 0.25) is 0 Å². The first-order valence-electron chi connectivity index (χ1n) is 3.23. The lowest BCUT2D eigenvalue weighted by atomic mass is 9.94. The first-order chi connectivity index (χ1) is 4.91. The van der Waals surface area contributed by atoms with E-state index in [1.165, 1.54) is 0 Å². The normalized spacial score (nSPS) is 12.1. The van der Waals surface area contributed by atoms with Gasteiger partial charge in [0.25, 0.3) is 3.90 Å². The summed E-state index contributed by atoms with van der Waals surface area (Å²) in [6.45, 7) is 6.27. The molecule has 0 saturated heterocycles. The van der Waals surface area contributed by atoms with Crippen LogP contribution in [0.25, 0.3) is 0 Å². The molecule has 4 heteroatoms. The summed E-state index contributed by atoms with van der Waals surface area (Å²) >= 11 is 5.40. The maximum absolute atomic E-state index is 5.41. The van der Waals surface area contributed by atoms with Gasteiger partial charge in [0, 0.05) is 28.0 Å². The fourth-order valence-electron chi connectivity index (χ4n) is 0.740. The molecule has 0 bridgehead atoms. The molecule has 1 heterocycles. The minimum absolute atomic E-state index is 0.0231. The van der Waals surface area contributed by atoms with Gasteiger partial charge in [-0.25, -0.2) is 0 Å². The summed E-state index contributed by atoms with van der Waals surface area (Å²) in [7, 11) is 0. The largest absolute Gasteiger partial charge is 0.435 e. The average Bonchev–Trinajstić information content (AvgIpc) is 2.08. The summed E-state index contributed by atoms with van der Waals surface area (Å²) in [4.78, 5) is 4.11. The molecule has 0 fully saturated rings. The Bertz CT molecular complexity index is 264. The highest BCUT2D eigenvalue weighted by molar-refractivity contribution is 14.1. The van der Waals surface area contributed by atoms with Crippen molar-refractivity contribution < 1.29 is 4.42 Å². The van der Waals surface area contributed by atoms with E-state index in [1.54, 1.807) is 0 Å². The van der Waals surface area contributed by atoms with Crippen molar-refractivity contribution in [2.75, 3.05) is 0 Å². The van der Waals surface area contributed by atoms with Gasteiger partial charge in [-0.3, -0.25) is 0 Å². The molecule has 62 valence electrons. The summed E-state index contributed by atoms with van der Waals surface area (Å²) < 4.78 is 6.90. The maximum Gasteiger partial charge on any atom is 0.258 e. The van der Waals surface area contributed by atoms with Crippen LogP contribution in [0.3, 0.4) is 0 Å². The Hall–Kier alpha value is 0.420. The zero-order valence-corrected chi connectivity index (χ0v) is 10.4.